The largest absolute Gasteiger partial charge is 0.350 e. The lowest BCUT2D eigenvalue weighted by molar-refractivity contribution is -0.140. The normalized spacial score (nSPS) is 12.6. The van der Waals surface area contributed by atoms with E-state index in [1.165, 1.54) is 4.90 Å². The van der Waals surface area contributed by atoms with Gasteiger partial charge in [0.25, 0.3) is 0 Å². The van der Waals surface area contributed by atoms with Crippen molar-refractivity contribution >= 4 is 43.5 Å². The molecular weight excluding hydrogens is 518 g/mol. The molecule has 0 bridgehead atoms. The minimum atomic E-state index is -3.76. The number of sulfonamides is 1. The van der Waals surface area contributed by atoms with Gasteiger partial charge in [0.05, 0.1) is 11.9 Å². The number of anilines is 1. The van der Waals surface area contributed by atoms with E-state index >= 15 is 0 Å². The third-order valence-electron chi connectivity index (χ3n) is 5.17. The number of hydrogen-bond acceptors (Lipinski definition) is 4. The van der Waals surface area contributed by atoms with Crippen LogP contribution in [0.25, 0.3) is 0 Å². The molecule has 0 aromatic heterocycles. The Morgan fingerprint density at radius 1 is 1.03 bits per heavy atom. The van der Waals surface area contributed by atoms with Gasteiger partial charge in [-0.2, -0.15) is 0 Å². The Hall–Kier alpha value is -2.39. The smallest absolute Gasteiger partial charge is 0.244 e. The highest BCUT2D eigenvalue weighted by Crippen LogP contribution is 2.28. The van der Waals surface area contributed by atoms with E-state index in [0.29, 0.717) is 23.0 Å². The van der Waals surface area contributed by atoms with Crippen molar-refractivity contribution in [2.75, 3.05) is 23.7 Å². The van der Waals surface area contributed by atoms with Crippen LogP contribution >= 0.6 is 15.9 Å². The molecule has 1 unspecified atom stereocenters. The van der Waals surface area contributed by atoms with Gasteiger partial charge in [0.1, 0.15) is 12.6 Å². The molecule has 0 fully saturated rings. The second-order valence-electron chi connectivity index (χ2n) is 9.21. The number of nitrogens with zero attached hydrogens (tertiary/aromatic N) is 2. The third-order valence-corrected chi connectivity index (χ3v) is 6.97. The van der Waals surface area contributed by atoms with Crippen molar-refractivity contribution in [3.8, 4) is 0 Å². The van der Waals surface area contributed by atoms with E-state index in [-0.39, 0.29) is 12.5 Å². The van der Waals surface area contributed by atoms with E-state index in [1.54, 1.807) is 24.3 Å². The highest BCUT2D eigenvalue weighted by molar-refractivity contribution is 9.10. The van der Waals surface area contributed by atoms with Crippen molar-refractivity contribution in [1.82, 2.24) is 10.2 Å². The van der Waals surface area contributed by atoms with Crippen LogP contribution in [-0.4, -0.2) is 56.1 Å². The van der Waals surface area contributed by atoms with Crippen molar-refractivity contribution in [2.45, 2.75) is 52.1 Å². The Morgan fingerprint density at radius 2 is 1.62 bits per heavy atom. The average molecular weight is 553 g/mol. The summed E-state index contributed by atoms with van der Waals surface area (Å²) in [6, 6.07) is 15.8. The van der Waals surface area contributed by atoms with Crippen molar-refractivity contribution in [1.29, 1.82) is 0 Å². The fraction of sp³-hybridized carbons (Fsp3) is 0.440. The van der Waals surface area contributed by atoms with Crippen LogP contribution in [-0.2, 0) is 26.0 Å². The summed E-state index contributed by atoms with van der Waals surface area (Å²) >= 11 is 3.38. The van der Waals surface area contributed by atoms with Gasteiger partial charge in [-0.15, -0.1) is 0 Å². The molecule has 0 aliphatic carbocycles. The zero-order valence-corrected chi connectivity index (χ0v) is 22.8. The fourth-order valence-electron chi connectivity index (χ4n) is 3.60. The first kappa shape index (κ1) is 27.9. The summed E-state index contributed by atoms with van der Waals surface area (Å²) in [6.07, 6.45) is 2.01. The molecule has 2 aromatic carbocycles. The summed E-state index contributed by atoms with van der Waals surface area (Å²) in [5.41, 5.74) is 0.928. The molecule has 186 valence electrons. The Kier molecular flexibility index (Phi) is 9.70. The molecular formula is C25H34BrN3O4S. The molecule has 9 heteroatoms. The first-order chi connectivity index (χ1) is 15.8. The van der Waals surface area contributed by atoms with Gasteiger partial charge < -0.3 is 10.2 Å². The van der Waals surface area contributed by atoms with Crippen LogP contribution in [0.15, 0.2) is 59.1 Å². The van der Waals surface area contributed by atoms with E-state index < -0.39 is 34.1 Å². The monoisotopic (exact) mass is 551 g/mol. The summed E-state index contributed by atoms with van der Waals surface area (Å²) in [5, 5.41) is 2.96. The van der Waals surface area contributed by atoms with Crippen molar-refractivity contribution < 1.29 is 18.0 Å². The molecule has 2 amide bonds. The molecule has 0 radical (unpaired) electrons. The number of rotatable bonds is 10. The summed E-state index contributed by atoms with van der Waals surface area (Å²) in [5.74, 6) is -0.698. The highest BCUT2D eigenvalue weighted by Gasteiger charge is 2.33. The first-order valence-electron chi connectivity index (χ1n) is 11.2. The van der Waals surface area contributed by atoms with Crippen molar-refractivity contribution in [2.24, 2.45) is 0 Å². The molecule has 0 aliphatic heterocycles. The number of nitrogens with one attached hydrogen (secondary N) is 1. The van der Waals surface area contributed by atoms with E-state index in [2.05, 4.69) is 21.2 Å². The second kappa shape index (κ2) is 11.8. The molecule has 0 spiro atoms. The van der Waals surface area contributed by atoms with Crippen LogP contribution in [0.2, 0.25) is 0 Å². The van der Waals surface area contributed by atoms with E-state index in [4.69, 9.17) is 0 Å². The zero-order chi connectivity index (χ0) is 25.5. The van der Waals surface area contributed by atoms with E-state index in [9.17, 15) is 18.0 Å². The molecule has 0 heterocycles. The van der Waals surface area contributed by atoms with Crippen LogP contribution in [0.4, 0.5) is 5.69 Å². The van der Waals surface area contributed by atoms with Gasteiger partial charge in [-0.1, -0.05) is 49.4 Å². The molecule has 2 aromatic rings. The van der Waals surface area contributed by atoms with Crippen LogP contribution in [0.5, 0.6) is 0 Å². The number of benzene rings is 2. The molecule has 34 heavy (non-hydrogen) atoms. The zero-order valence-electron chi connectivity index (χ0n) is 20.4. The minimum absolute atomic E-state index is 0.261. The van der Waals surface area contributed by atoms with Crippen molar-refractivity contribution in [3.05, 3.63) is 64.6 Å². The number of amides is 2. The first-order valence-corrected chi connectivity index (χ1v) is 13.8. The molecule has 7 nitrogen and oxygen atoms in total. The number of carbonyl (C=O) groups is 2. The van der Waals surface area contributed by atoms with Crippen LogP contribution in [0.1, 0.15) is 39.7 Å². The van der Waals surface area contributed by atoms with Crippen molar-refractivity contribution in [3.63, 3.8) is 0 Å². The van der Waals surface area contributed by atoms with Crippen LogP contribution in [0.3, 0.4) is 0 Å². The quantitative estimate of drug-likeness (QED) is 0.483. The topological polar surface area (TPSA) is 86.8 Å². The SMILES string of the molecule is CCC(C(=O)NC(C)(C)C)N(CCc1ccccc1)C(=O)CN(c1ccccc1Br)S(C)(=O)=O. The van der Waals surface area contributed by atoms with E-state index in [0.717, 1.165) is 16.1 Å². The maximum atomic E-state index is 13.6. The predicted octanol–water partition coefficient (Wildman–Crippen LogP) is 3.98. The Labute approximate surface area is 211 Å². The Morgan fingerprint density at radius 3 is 2.15 bits per heavy atom. The summed E-state index contributed by atoms with van der Waals surface area (Å²) in [4.78, 5) is 28.2. The minimum Gasteiger partial charge on any atom is -0.350 e. The van der Waals surface area contributed by atoms with E-state index in [1.807, 2.05) is 58.0 Å². The van der Waals surface area contributed by atoms with Gasteiger partial charge in [-0.25, -0.2) is 8.42 Å². The second-order valence-corrected chi connectivity index (χ2v) is 12.0. The van der Waals surface area contributed by atoms with Gasteiger partial charge in [-0.3, -0.25) is 13.9 Å². The highest BCUT2D eigenvalue weighted by atomic mass is 79.9. The lowest BCUT2D eigenvalue weighted by Crippen LogP contribution is -2.56. The fourth-order valence-corrected chi connectivity index (χ4v) is 5.08. The molecule has 1 atom stereocenters. The Bertz CT molecular complexity index is 1080. The third kappa shape index (κ3) is 8.13. The summed E-state index contributed by atoms with van der Waals surface area (Å²) in [6.45, 7) is 7.37. The lowest BCUT2D eigenvalue weighted by atomic mass is 10.1. The predicted molar refractivity (Wildman–Crippen MR) is 140 cm³/mol. The van der Waals surface area contributed by atoms with Gasteiger partial charge in [-0.05, 0) is 67.2 Å². The Balaban J connectivity index is 2.39. The van der Waals surface area contributed by atoms with Gasteiger partial charge in [0.15, 0.2) is 0 Å². The number of halogens is 1. The van der Waals surface area contributed by atoms with Crippen LogP contribution in [0, 0.1) is 0 Å². The summed E-state index contributed by atoms with van der Waals surface area (Å²) in [7, 11) is -3.76. The lowest BCUT2D eigenvalue weighted by Gasteiger charge is -2.34. The molecule has 0 saturated heterocycles. The van der Waals surface area contributed by atoms with Crippen LogP contribution < -0.4 is 9.62 Å². The van der Waals surface area contributed by atoms with Gasteiger partial charge in [0.2, 0.25) is 21.8 Å². The van der Waals surface area contributed by atoms with Gasteiger partial charge in [0, 0.05) is 16.6 Å². The average Bonchev–Trinajstić information content (AvgIpc) is 2.74. The maximum Gasteiger partial charge on any atom is 0.244 e. The van der Waals surface area contributed by atoms with Gasteiger partial charge >= 0.3 is 0 Å². The molecule has 1 N–H and O–H groups in total. The summed E-state index contributed by atoms with van der Waals surface area (Å²) < 4.78 is 26.9. The number of hydrogen-bond donors (Lipinski definition) is 1. The molecule has 0 saturated carbocycles. The number of carbonyl (C=O) groups excluding carboxylic acids is 2. The molecule has 2 rings (SSSR count). The molecule has 0 aliphatic rings. The standard InChI is InChI=1S/C25H34BrN3O4S/c1-6-21(24(31)27-25(2,3)4)28(17-16-19-12-8-7-9-13-19)23(30)18-29(34(5,32)33)22-15-11-10-14-20(22)26/h7-15,21H,6,16-18H2,1-5H3,(H,27,31). The number of para-hydroxylation sites is 1. The maximum absolute atomic E-state index is 13.6.